The number of hydrogen-bond donors (Lipinski definition) is 1. The van der Waals surface area contributed by atoms with Crippen molar-refractivity contribution in [2.45, 2.75) is 40.7 Å². The van der Waals surface area contributed by atoms with Crippen LogP contribution in [0.2, 0.25) is 0 Å². The van der Waals surface area contributed by atoms with Crippen molar-refractivity contribution in [3.05, 3.63) is 68.7 Å². The highest BCUT2D eigenvalue weighted by atomic mass is 32.1. The predicted molar refractivity (Wildman–Crippen MR) is 125 cm³/mol. The highest BCUT2D eigenvalue weighted by Crippen LogP contribution is 2.26. The molecule has 2 aromatic heterocycles. The quantitative estimate of drug-likeness (QED) is 0.426. The van der Waals surface area contributed by atoms with Gasteiger partial charge in [-0.2, -0.15) is 0 Å². The smallest absolute Gasteiger partial charge is 0.271 e. The molecule has 0 aliphatic heterocycles. The number of carbonyl (C=O) groups is 1. The van der Waals surface area contributed by atoms with Crippen molar-refractivity contribution < 1.29 is 4.79 Å². The van der Waals surface area contributed by atoms with E-state index in [1.54, 1.807) is 17.8 Å². The van der Waals surface area contributed by atoms with E-state index in [1.807, 2.05) is 25.2 Å². The molecule has 2 heterocycles. The molecule has 0 radical (unpaired) electrons. The van der Waals surface area contributed by atoms with Crippen molar-refractivity contribution >= 4 is 29.3 Å². The fourth-order valence-corrected chi connectivity index (χ4v) is 3.66. The first-order valence-corrected chi connectivity index (χ1v) is 11.1. The van der Waals surface area contributed by atoms with Crippen LogP contribution in [0.1, 0.15) is 50.5 Å². The van der Waals surface area contributed by atoms with E-state index in [9.17, 15) is 4.79 Å². The van der Waals surface area contributed by atoms with Gasteiger partial charge >= 0.3 is 0 Å². The van der Waals surface area contributed by atoms with Crippen LogP contribution in [-0.2, 0) is 13.0 Å². The van der Waals surface area contributed by atoms with E-state index in [0.29, 0.717) is 24.4 Å². The Morgan fingerprint density at radius 3 is 2.71 bits per heavy atom. The Morgan fingerprint density at radius 1 is 1.19 bits per heavy atom. The Hall–Kier alpha value is -3.13. The fraction of sp³-hybridized carbons (Fsp3) is 0.348. The summed E-state index contributed by atoms with van der Waals surface area (Å²) in [6, 6.07) is 4.26. The molecule has 31 heavy (non-hydrogen) atoms. The molecule has 0 saturated carbocycles. The SMILES string of the molecule is CCN(C)C=Nc1cc(C)c(Cc2nc(C(=O)NCc3cnc(C)cn3)cs2)cc1C. The summed E-state index contributed by atoms with van der Waals surface area (Å²) in [5.41, 5.74) is 6.44. The maximum Gasteiger partial charge on any atom is 0.271 e. The van der Waals surface area contributed by atoms with Gasteiger partial charge in [-0.3, -0.25) is 14.8 Å². The van der Waals surface area contributed by atoms with Gasteiger partial charge in [0.2, 0.25) is 0 Å². The van der Waals surface area contributed by atoms with E-state index < -0.39 is 0 Å². The number of thiazole rings is 1. The summed E-state index contributed by atoms with van der Waals surface area (Å²) in [5.74, 6) is -0.206. The minimum absolute atomic E-state index is 0.206. The summed E-state index contributed by atoms with van der Waals surface area (Å²) < 4.78 is 0. The lowest BCUT2D eigenvalue weighted by molar-refractivity contribution is 0.0946. The van der Waals surface area contributed by atoms with E-state index in [1.165, 1.54) is 16.9 Å². The van der Waals surface area contributed by atoms with Crippen molar-refractivity contribution in [3.63, 3.8) is 0 Å². The number of aliphatic imine (C=N–C) groups is 1. The van der Waals surface area contributed by atoms with Crippen molar-refractivity contribution in [2.24, 2.45) is 4.99 Å². The molecular weight excluding hydrogens is 408 g/mol. The number of rotatable bonds is 8. The van der Waals surface area contributed by atoms with Crippen molar-refractivity contribution in [3.8, 4) is 0 Å². The van der Waals surface area contributed by atoms with Gasteiger partial charge in [-0.15, -0.1) is 11.3 Å². The number of aryl methyl sites for hydroxylation is 3. The second-order valence-electron chi connectivity index (χ2n) is 7.52. The number of nitrogens with zero attached hydrogens (tertiary/aromatic N) is 5. The first kappa shape index (κ1) is 22.6. The van der Waals surface area contributed by atoms with Crippen LogP contribution in [0.25, 0.3) is 0 Å². The van der Waals surface area contributed by atoms with Gasteiger partial charge in [0.1, 0.15) is 5.69 Å². The van der Waals surface area contributed by atoms with Gasteiger partial charge in [0, 0.05) is 31.6 Å². The highest BCUT2D eigenvalue weighted by Gasteiger charge is 2.13. The Bertz CT molecular complexity index is 1070. The number of amides is 1. The zero-order valence-corrected chi connectivity index (χ0v) is 19.5. The molecule has 1 N–H and O–H groups in total. The summed E-state index contributed by atoms with van der Waals surface area (Å²) in [6.07, 6.45) is 5.90. The van der Waals surface area contributed by atoms with Gasteiger partial charge in [0.05, 0.1) is 41.2 Å². The van der Waals surface area contributed by atoms with Gasteiger partial charge in [-0.1, -0.05) is 6.07 Å². The maximum absolute atomic E-state index is 12.4. The molecule has 7 nitrogen and oxygen atoms in total. The summed E-state index contributed by atoms with van der Waals surface area (Å²) in [6.45, 7) is 9.36. The Morgan fingerprint density at radius 2 is 2.00 bits per heavy atom. The Kier molecular flexibility index (Phi) is 7.46. The third-order valence-electron chi connectivity index (χ3n) is 4.94. The van der Waals surface area contributed by atoms with E-state index >= 15 is 0 Å². The van der Waals surface area contributed by atoms with E-state index in [4.69, 9.17) is 0 Å². The number of benzene rings is 1. The lowest BCUT2D eigenvalue weighted by atomic mass is 10.0. The van der Waals surface area contributed by atoms with Crippen molar-refractivity contribution in [1.82, 2.24) is 25.2 Å². The molecule has 0 aliphatic carbocycles. The van der Waals surface area contributed by atoms with Crippen LogP contribution < -0.4 is 5.32 Å². The van der Waals surface area contributed by atoms with Crippen LogP contribution in [0.4, 0.5) is 5.69 Å². The van der Waals surface area contributed by atoms with Crippen LogP contribution >= 0.6 is 11.3 Å². The van der Waals surface area contributed by atoms with Gasteiger partial charge in [0.15, 0.2) is 0 Å². The Balaban J connectivity index is 1.64. The minimum atomic E-state index is -0.206. The third-order valence-corrected chi connectivity index (χ3v) is 5.79. The lowest BCUT2D eigenvalue weighted by Crippen LogP contribution is -2.23. The molecule has 0 atom stereocenters. The average molecular weight is 437 g/mol. The number of nitrogens with one attached hydrogen (secondary N) is 1. The summed E-state index contributed by atoms with van der Waals surface area (Å²) in [4.78, 5) is 32.0. The largest absolute Gasteiger partial charge is 0.366 e. The molecule has 0 saturated heterocycles. The normalized spacial score (nSPS) is 11.1. The predicted octanol–water partition coefficient (Wildman–Crippen LogP) is 3.99. The molecule has 0 aliphatic rings. The van der Waals surface area contributed by atoms with Crippen LogP contribution in [0.5, 0.6) is 0 Å². The monoisotopic (exact) mass is 436 g/mol. The molecule has 3 rings (SSSR count). The standard InChI is InChI=1S/C23H28N6OS/c1-6-29(5)14-27-20-8-15(2)18(7-16(20)3)9-22-28-21(13-31-22)23(30)26-12-19-11-24-17(4)10-25-19/h7-8,10-11,13-14H,6,9,12H2,1-5H3,(H,26,30). The fourth-order valence-electron chi connectivity index (χ4n) is 2.86. The summed E-state index contributed by atoms with van der Waals surface area (Å²) in [5, 5.41) is 5.56. The summed E-state index contributed by atoms with van der Waals surface area (Å²) >= 11 is 1.50. The average Bonchev–Trinajstić information content (AvgIpc) is 3.23. The first-order valence-electron chi connectivity index (χ1n) is 10.2. The highest BCUT2D eigenvalue weighted by molar-refractivity contribution is 7.09. The van der Waals surface area contributed by atoms with E-state index in [0.717, 1.165) is 34.1 Å². The number of aromatic nitrogens is 3. The maximum atomic E-state index is 12.4. The van der Waals surface area contributed by atoms with Gasteiger partial charge in [-0.25, -0.2) is 9.98 Å². The third kappa shape index (κ3) is 6.18. The molecule has 1 aromatic carbocycles. The van der Waals surface area contributed by atoms with Gasteiger partial charge in [-0.05, 0) is 50.5 Å². The Labute approximate surface area is 187 Å². The van der Waals surface area contributed by atoms with Crippen LogP contribution in [0, 0.1) is 20.8 Å². The zero-order valence-electron chi connectivity index (χ0n) is 18.6. The van der Waals surface area contributed by atoms with E-state index in [2.05, 4.69) is 58.2 Å². The van der Waals surface area contributed by atoms with Crippen molar-refractivity contribution in [1.29, 1.82) is 0 Å². The second-order valence-corrected chi connectivity index (χ2v) is 8.46. The molecule has 8 heteroatoms. The molecular formula is C23H28N6OS. The van der Waals surface area contributed by atoms with Crippen LogP contribution in [0.3, 0.4) is 0 Å². The van der Waals surface area contributed by atoms with E-state index in [-0.39, 0.29) is 5.91 Å². The molecule has 0 spiro atoms. The molecule has 0 fully saturated rings. The summed E-state index contributed by atoms with van der Waals surface area (Å²) in [7, 11) is 2.00. The molecule has 0 unspecified atom stereocenters. The van der Waals surface area contributed by atoms with Crippen LogP contribution in [0.15, 0.2) is 34.9 Å². The van der Waals surface area contributed by atoms with Crippen molar-refractivity contribution in [2.75, 3.05) is 13.6 Å². The van der Waals surface area contributed by atoms with Gasteiger partial charge < -0.3 is 10.2 Å². The first-order chi connectivity index (χ1) is 14.9. The lowest BCUT2D eigenvalue weighted by Gasteiger charge is -2.11. The molecule has 0 bridgehead atoms. The zero-order chi connectivity index (χ0) is 22.4. The second kappa shape index (κ2) is 10.3. The van der Waals surface area contributed by atoms with Gasteiger partial charge in [0.25, 0.3) is 5.91 Å². The number of carbonyl (C=O) groups excluding carboxylic acids is 1. The minimum Gasteiger partial charge on any atom is -0.366 e. The van der Waals surface area contributed by atoms with Crippen LogP contribution in [-0.4, -0.2) is 45.7 Å². The molecule has 3 aromatic rings. The topological polar surface area (TPSA) is 83.4 Å². The molecule has 162 valence electrons. The number of hydrogen-bond acceptors (Lipinski definition) is 6. The molecule has 1 amide bonds.